The highest BCUT2D eigenvalue weighted by Crippen LogP contribution is 2.32. The van der Waals surface area contributed by atoms with Crippen LogP contribution in [0.2, 0.25) is 0 Å². The molecule has 0 fully saturated rings. The Morgan fingerprint density at radius 2 is 2.04 bits per heavy atom. The van der Waals surface area contributed by atoms with Crippen LogP contribution < -0.4 is 11.1 Å². The van der Waals surface area contributed by atoms with Gasteiger partial charge < -0.3 is 11.1 Å². The molecule has 2 aromatic heterocycles. The Kier molecular flexibility index (Phi) is 6.93. The molecule has 128 valence electrons. The largest absolute Gasteiger partial charge is 0.434 e. The highest BCUT2D eigenvalue weighted by molar-refractivity contribution is 7.10. The number of amides is 1. The van der Waals surface area contributed by atoms with E-state index in [1.165, 1.54) is 11.3 Å². The minimum atomic E-state index is -4.48. The van der Waals surface area contributed by atoms with Crippen LogP contribution >= 0.6 is 35.1 Å². The molecule has 2 heterocycles. The summed E-state index contributed by atoms with van der Waals surface area (Å²) in [5.41, 5.74) is 4.69. The molecule has 2 aromatic rings. The summed E-state index contributed by atoms with van der Waals surface area (Å²) in [6.45, 7) is 1.99. The molecule has 1 unspecified atom stereocenters. The minimum Gasteiger partial charge on any atom is -0.341 e. The van der Waals surface area contributed by atoms with Gasteiger partial charge in [0.2, 0.25) is 0 Å². The van der Waals surface area contributed by atoms with Crippen LogP contribution in [0, 0.1) is 0 Å². The van der Waals surface area contributed by atoms with E-state index in [0.717, 1.165) is 16.7 Å². The Morgan fingerprint density at radius 1 is 1.35 bits per heavy atom. The van der Waals surface area contributed by atoms with Gasteiger partial charge in [-0.25, -0.2) is 9.97 Å². The topological polar surface area (TPSA) is 80.9 Å². The predicted molar refractivity (Wildman–Crippen MR) is 84.9 cm³/mol. The van der Waals surface area contributed by atoms with E-state index in [1.807, 2.05) is 0 Å². The Morgan fingerprint density at radius 3 is 2.52 bits per heavy atom. The number of carbonyl (C=O) groups excluding carboxylic acids is 1. The molecule has 2 rings (SSSR count). The predicted octanol–water partition coefficient (Wildman–Crippen LogP) is 3.38. The molecule has 0 bridgehead atoms. The summed E-state index contributed by atoms with van der Waals surface area (Å²) in [6, 6.07) is -0.586. The van der Waals surface area contributed by atoms with Crippen molar-refractivity contribution in [2.75, 3.05) is 0 Å². The Hall–Kier alpha value is -1.23. The number of nitrogens with one attached hydrogen (secondary N) is 1. The van der Waals surface area contributed by atoms with E-state index in [2.05, 4.69) is 15.3 Å². The van der Waals surface area contributed by atoms with Crippen molar-refractivity contribution in [3.8, 4) is 0 Å². The fourth-order valence-corrected chi connectivity index (χ4v) is 3.27. The highest BCUT2D eigenvalue weighted by Gasteiger charge is 2.34. The number of rotatable bonds is 5. The normalized spacial score (nSPS) is 12.6. The van der Waals surface area contributed by atoms with Crippen LogP contribution in [0.5, 0.6) is 0 Å². The van der Waals surface area contributed by atoms with Crippen molar-refractivity contribution in [2.45, 2.75) is 32.1 Å². The van der Waals surface area contributed by atoms with Gasteiger partial charge in [0.25, 0.3) is 5.91 Å². The van der Waals surface area contributed by atoms with Gasteiger partial charge >= 0.3 is 6.18 Å². The molecule has 1 amide bonds. The molecule has 0 saturated heterocycles. The van der Waals surface area contributed by atoms with E-state index in [-0.39, 0.29) is 29.7 Å². The standard InChI is InChI=1S/C12H13F3N4OS2.ClH/c1-2-6(11-19-8(5-22-11)12(13,14)15)18-10(20)7-4-21-9(3-16)17-7;/h4-6H,2-3,16H2,1H3,(H,18,20);1H. The van der Waals surface area contributed by atoms with Gasteiger partial charge in [0.15, 0.2) is 5.69 Å². The molecule has 0 aliphatic carbocycles. The zero-order valence-corrected chi connectivity index (χ0v) is 14.3. The smallest absolute Gasteiger partial charge is 0.341 e. The summed E-state index contributed by atoms with van der Waals surface area (Å²) in [4.78, 5) is 19.7. The first kappa shape index (κ1) is 19.8. The van der Waals surface area contributed by atoms with Gasteiger partial charge in [-0.15, -0.1) is 35.1 Å². The monoisotopic (exact) mass is 386 g/mol. The number of aromatic nitrogens is 2. The maximum absolute atomic E-state index is 12.6. The maximum atomic E-state index is 12.6. The van der Waals surface area contributed by atoms with Gasteiger partial charge in [-0.05, 0) is 6.42 Å². The number of thiazole rings is 2. The van der Waals surface area contributed by atoms with Crippen LogP contribution in [0.1, 0.15) is 45.6 Å². The van der Waals surface area contributed by atoms with E-state index in [1.54, 1.807) is 12.3 Å². The molecule has 1 atom stereocenters. The summed E-state index contributed by atoms with van der Waals surface area (Å²) in [5.74, 6) is -0.452. The molecule has 0 saturated carbocycles. The van der Waals surface area contributed by atoms with Gasteiger partial charge in [0, 0.05) is 17.3 Å². The van der Waals surface area contributed by atoms with Crippen molar-refractivity contribution in [1.82, 2.24) is 15.3 Å². The van der Waals surface area contributed by atoms with Crippen LogP contribution in [0.25, 0.3) is 0 Å². The molecular formula is C12H14ClF3N4OS2. The number of nitrogens with zero attached hydrogens (tertiary/aromatic N) is 2. The number of alkyl halides is 3. The van der Waals surface area contributed by atoms with Crippen LogP contribution in [0.4, 0.5) is 13.2 Å². The highest BCUT2D eigenvalue weighted by atomic mass is 35.5. The van der Waals surface area contributed by atoms with Gasteiger partial charge in [0.1, 0.15) is 15.7 Å². The van der Waals surface area contributed by atoms with E-state index < -0.39 is 23.8 Å². The molecule has 23 heavy (non-hydrogen) atoms. The fourth-order valence-electron chi connectivity index (χ4n) is 1.66. The van der Waals surface area contributed by atoms with E-state index in [9.17, 15) is 18.0 Å². The van der Waals surface area contributed by atoms with Crippen molar-refractivity contribution in [3.05, 3.63) is 32.2 Å². The van der Waals surface area contributed by atoms with E-state index >= 15 is 0 Å². The Balaban J connectivity index is 0.00000264. The van der Waals surface area contributed by atoms with Crippen LogP contribution in [-0.4, -0.2) is 15.9 Å². The first-order valence-corrected chi connectivity index (χ1v) is 8.09. The Bertz CT molecular complexity index is 659. The van der Waals surface area contributed by atoms with Crippen LogP contribution in [0.3, 0.4) is 0 Å². The zero-order chi connectivity index (χ0) is 16.3. The second-order valence-corrected chi connectivity index (χ2v) is 6.17. The lowest BCUT2D eigenvalue weighted by atomic mass is 10.2. The molecule has 0 aliphatic rings. The van der Waals surface area contributed by atoms with Crippen molar-refractivity contribution >= 4 is 41.0 Å². The van der Waals surface area contributed by atoms with Crippen LogP contribution in [-0.2, 0) is 12.7 Å². The molecule has 3 N–H and O–H groups in total. The summed E-state index contributed by atoms with van der Waals surface area (Å²) in [7, 11) is 0. The number of hydrogen-bond acceptors (Lipinski definition) is 6. The van der Waals surface area contributed by atoms with Crippen molar-refractivity contribution in [3.63, 3.8) is 0 Å². The first-order valence-electron chi connectivity index (χ1n) is 6.33. The lowest BCUT2D eigenvalue weighted by molar-refractivity contribution is -0.140. The third-order valence-corrected chi connectivity index (χ3v) is 4.61. The number of nitrogens with two attached hydrogens (primary N) is 1. The summed E-state index contributed by atoms with van der Waals surface area (Å²) < 4.78 is 37.7. The third-order valence-electron chi connectivity index (χ3n) is 2.78. The summed E-state index contributed by atoms with van der Waals surface area (Å²) >= 11 is 2.13. The van der Waals surface area contributed by atoms with Crippen molar-refractivity contribution < 1.29 is 18.0 Å². The minimum absolute atomic E-state index is 0. The molecule has 0 aromatic carbocycles. The molecule has 0 spiro atoms. The lowest BCUT2D eigenvalue weighted by Gasteiger charge is -2.13. The zero-order valence-electron chi connectivity index (χ0n) is 11.9. The van der Waals surface area contributed by atoms with Gasteiger partial charge in [-0.1, -0.05) is 6.92 Å². The molecular weight excluding hydrogens is 373 g/mol. The quantitative estimate of drug-likeness (QED) is 0.825. The third kappa shape index (κ3) is 4.87. The second-order valence-electron chi connectivity index (χ2n) is 4.33. The summed E-state index contributed by atoms with van der Waals surface area (Å²) in [6.07, 6.45) is -4.06. The van der Waals surface area contributed by atoms with Gasteiger partial charge in [0.05, 0.1) is 6.04 Å². The fraction of sp³-hybridized carbons (Fsp3) is 0.417. The average molecular weight is 387 g/mol. The molecule has 5 nitrogen and oxygen atoms in total. The Labute approximate surface area is 144 Å². The van der Waals surface area contributed by atoms with Crippen molar-refractivity contribution in [1.29, 1.82) is 0 Å². The van der Waals surface area contributed by atoms with Crippen molar-refractivity contribution in [2.24, 2.45) is 5.73 Å². The number of halogens is 4. The molecule has 0 radical (unpaired) electrons. The van der Waals surface area contributed by atoms with Gasteiger partial charge in [-0.2, -0.15) is 13.2 Å². The SMILES string of the molecule is CCC(NC(=O)c1csc(CN)n1)c1nc(C(F)(F)F)cs1.Cl. The first-order chi connectivity index (χ1) is 10.3. The molecule has 0 aliphatic heterocycles. The summed E-state index contributed by atoms with van der Waals surface area (Å²) in [5, 5.41) is 5.99. The van der Waals surface area contributed by atoms with E-state index in [4.69, 9.17) is 5.73 Å². The van der Waals surface area contributed by atoms with Gasteiger partial charge in [-0.3, -0.25) is 4.79 Å². The van der Waals surface area contributed by atoms with E-state index in [0.29, 0.717) is 11.4 Å². The number of hydrogen-bond donors (Lipinski definition) is 2. The molecule has 11 heteroatoms. The van der Waals surface area contributed by atoms with Crippen LogP contribution in [0.15, 0.2) is 10.8 Å². The maximum Gasteiger partial charge on any atom is 0.434 e. The number of carbonyl (C=O) groups is 1. The average Bonchev–Trinajstić information content (AvgIpc) is 3.12. The lowest BCUT2D eigenvalue weighted by Crippen LogP contribution is -2.28. The second kappa shape index (κ2) is 8.04.